The molecular weight excluding hydrogens is 286 g/mol. The van der Waals surface area contributed by atoms with Crippen LogP contribution in [0.15, 0.2) is 0 Å². The molecule has 4 saturated carbocycles. The fraction of sp³-hybridized carbons (Fsp3) is 1.00. The van der Waals surface area contributed by atoms with Gasteiger partial charge in [-0.25, -0.2) is 0 Å². The Balaban J connectivity index is 1.62. The summed E-state index contributed by atoms with van der Waals surface area (Å²) in [6.07, 6.45) is 9.20. The van der Waals surface area contributed by atoms with Gasteiger partial charge in [-0.2, -0.15) is 0 Å². The summed E-state index contributed by atoms with van der Waals surface area (Å²) in [5, 5.41) is 24.2. The minimum atomic E-state index is -0.174. The van der Waals surface area contributed by atoms with Crippen molar-refractivity contribution in [3.8, 4) is 0 Å². The second-order valence-electron chi connectivity index (χ2n) is 9.70. The van der Waals surface area contributed by atoms with Crippen molar-refractivity contribution in [2.24, 2.45) is 34.5 Å². The maximum atomic E-state index is 10.6. The Labute approximate surface area is 141 Å². The highest BCUT2D eigenvalue weighted by Crippen LogP contribution is 2.66. The molecule has 4 fully saturated rings. The first-order valence-electron chi connectivity index (χ1n) is 9.93. The van der Waals surface area contributed by atoms with Crippen LogP contribution in [-0.2, 0) is 0 Å². The summed E-state index contributed by atoms with van der Waals surface area (Å²) < 4.78 is 0. The molecule has 23 heavy (non-hydrogen) atoms. The molecule has 3 heteroatoms. The van der Waals surface area contributed by atoms with Crippen LogP contribution in [0.25, 0.3) is 0 Å². The van der Waals surface area contributed by atoms with E-state index in [1.165, 1.54) is 32.1 Å². The average Bonchev–Trinajstić information content (AvgIpc) is 2.77. The molecule has 0 aromatic rings. The van der Waals surface area contributed by atoms with Crippen LogP contribution in [0, 0.1) is 34.5 Å². The molecule has 9 atom stereocenters. The van der Waals surface area contributed by atoms with Crippen LogP contribution in [-0.4, -0.2) is 35.5 Å². The van der Waals surface area contributed by atoms with E-state index in [0.29, 0.717) is 11.3 Å². The van der Waals surface area contributed by atoms with E-state index in [1.54, 1.807) is 0 Å². The van der Waals surface area contributed by atoms with Gasteiger partial charge < -0.3 is 15.5 Å². The smallest absolute Gasteiger partial charge is 0.0701 e. The predicted octanol–water partition coefficient (Wildman–Crippen LogP) is 2.95. The monoisotopic (exact) mass is 321 g/mol. The lowest BCUT2D eigenvalue weighted by Gasteiger charge is -2.60. The SMILES string of the molecule is CNC1C(O)C[C@H]2[C@@H]3CCC4CC(O)CC[C@]4(C)[C@@H]3CC[C@]12C. The zero-order chi connectivity index (χ0) is 16.4. The normalized spacial score (nSPS) is 59.1. The molecule has 3 nitrogen and oxygen atoms in total. The molecule has 0 saturated heterocycles. The van der Waals surface area contributed by atoms with E-state index in [2.05, 4.69) is 19.2 Å². The molecule has 0 heterocycles. The minimum absolute atomic E-state index is 0.0551. The van der Waals surface area contributed by atoms with Crippen molar-refractivity contribution in [3.05, 3.63) is 0 Å². The van der Waals surface area contributed by atoms with E-state index in [4.69, 9.17) is 0 Å². The fourth-order valence-corrected chi connectivity index (χ4v) is 7.77. The lowest BCUT2D eigenvalue weighted by atomic mass is 9.45. The molecule has 0 aromatic carbocycles. The number of aliphatic hydroxyl groups excluding tert-OH is 2. The minimum Gasteiger partial charge on any atom is -0.393 e. The highest BCUT2D eigenvalue weighted by molar-refractivity contribution is 5.12. The van der Waals surface area contributed by atoms with Gasteiger partial charge in [0, 0.05) is 6.04 Å². The van der Waals surface area contributed by atoms with Gasteiger partial charge in [0.25, 0.3) is 0 Å². The Morgan fingerprint density at radius 2 is 1.61 bits per heavy atom. The summed E-state index contributed by atoms with van der Waals surface area (Å²) in [4.78, 5) is 0. The molecule has 3 N–H and O–H groups in total. The number of rotatable bonds is 1. The molecule has 132 valence electrons. The molecule has 0 aliphatic heterocycles. The van der Waals surface area contributed by atoms with Gasteiger partial charge in [-0.05, 0) is 92.9 Å². The van der Waals surface area contributed by atoms with Gasteiger partial charge in [0.1, 0.15) is 0 Å². The van der Waals surface area contributed by atoms with Gasteiger partial charge in [-0.15, -0.1) is 0 Å². The molecule has 0 amide bonds. The van der Waals surface area contributed by atoms with Crippen LogP contribution >= 0.6 is 0 Å². The zero-order valence-corrected chi connectivity index (χ0v) is 15.1. The van der Waals surface area contributed by atoms with Crippen LogP contribution in [0.2, 0.25) is 0 Å². The fourth-order valence-electron chi connectivity index (χ4n) is 7.77. The van der Waals surface area contributed by atoms with Crippen molar-refractivity contribution in [1.82, 2.24) is 5.32 Å². The van der Waals surface area contributed by atoms with E-state index in [-0.39, 0.29) is 23.7 Å². The first-order valence-corrected chi connectivity index (χ1v) is 9.93. The lowest BCUT2D eigenvalue weighted by Crippen LogP contribution is -2.56. The number of hydrogen-bond donors (Lipinski definition) is 3. The van der Waals surface area contributed by atoms with E-state index in [0.717, 1.165) is 37.0 Å². The summed E-state index contributed by atoms with van der Waals surface area (Å²) in [6.45, 7) is 4.97. The third-order valence-corrected chi connectivity index (χ3v) is 8.98. The molecule has 0 aromatic heterocycles. The molecule has 0 spiro atoms. The number of nitrogens with one attached hydrogen (secondary N) is 1. The van der Waals surface area contributed by atoms with Crippen LogP contribution in [0.1, 0.15) is 65.2 Å². The largest absolute Gasteiger partial charge is 0.393 e. The maximum absolute atomic E-state index is 10.6. The van der Waals surface area contributed by atoms with E-state index in [9.17, 15) is 10.2 Å². The Kier molecular flexibility index (Phi) is 3.87. The summed E-state index contributed by atoms with van der Waals surface area (Å²) in [7, 11) is 2.02. The molecule has 4 unspecified atom stereocenters. The Bertz CT molecular complexity index is 469. The zero-order valence-electron chi connectivity index (χ0n) is 15.1. The van der Waals surface area contributed by atoms with E-state index in [1.807, 2.05) is 7.05 Å². The summed E-state index contributed by atoms with van der Waals surface area (Å²) in [6, 6.07) is 0.271. The van der Waals surface area contributed by atoms with Crippen molar-refractivity contribution >= 4 is 0 Å². The highest BCUT2D eigenvalue weighted by atomic mass is 16.3. The van der Waals surface area contributed by atoms with Crippen molar-refractivity contribution < 1.29 is 10.2 Å². The Morgan fingerprint density at radius 1 is 0.870 bits per heavy atom. The summed E-state index contributed by atoms with van der Waals surface area (Å²) in [5.41, 5.74) is 0.707. The maximum Gasteiger partial charge on any atom is 0.0701 e. The molecule has 4 rings (SSSR count). The molecule has 0 bridgehead atoms. The van der Waals surface area contributed by atoms with Crippen LogP contribution in [0.3, 0.4) is 0 Å². The van der Waals surface area contributed by atoms with Crippen molar-refractivity contribution in [3.63, 3.8) is 0 Å². The van der Waals surface area contributed by atoms with E-state index >= 15 is 0 Å². The predicted molar refractivity (Wildman–Crippen MR) is 92.0 cm³/mol. The summed E-state index contributed by atoms with van der Waals surface area (Å²) >= 11 is 0. The molecule has 0 radical (unpaired) electrons. The Hall–Kier alpha value is -0.120. The van der Waals surface area contributed by atoms with Gasteiger partial charge in [-0.3, -0.25) is 0 Å². The second kappa shape index (κ2) is 5.44. The quantitative estimate of drug-likeness (QED) is 0.696. The van der Waals surface area contributed by atoms with Crippen molar-refractivity contribution in [1.29, 1.82) is 0 Å². The molecule has 4 aliphatic rings. The third-order valence-electron chi connectivity index (χ3n) is 8.98. The second-order valence-corrected chi connectivity index (χ2v) is 9.70. The first-order chi connectivity index (χ1) is 10.9. The molecular formula is C20H35NO2. The van der Waals surface area contributed by atoms with Crippen molar-refractivity contribution in [2.45, 2.75) is 83.5 Å². The van der Waals surface area contributed by atoms with Crippen LogP contribution < -0.4 is 5.32 Å². The van der Waals surface area contributed by atoms with Gasteiger partial charge in [-0.1, -0.05) is 13.8 Å². The number of fused-ring (bicyclic) bond motifs is 5. The molecule has 4 aliphatic carbocycles. The standard InChI is InChI=1S/C20H35NO2/c1-19-8-6-13(22)10-12(19)4-5-14-15(19)7-9-20(2)16(14)11-17(23)18(20)21-3/h12-18,21-23H,4-11H2,1-3H3/t12?,13?,14-,15-,16+,17?,18?,19+,20+/m1/s1. The first kappa shape index (κ1) is 16.4. The lowest BCUT2D eigenvalue weighted by molar-refractivity contribution is -0.123. The third kappa shape index (κ3) is 2.19. The summed E-state index contributed by atoms with van der Waals surface area (Å²) in [5.74, 6) is 3.01. The van der Waals surface area contributed by atoms with E-state index < -0.39 is 0 Å². The Morgan fingerprint density at radius 3 is 2.35 bits per heavy atom. The van der Waals surface area contributed by atoms with Gasteiger partial charge in [0.15, 0.2) is 0 Å². The van der Waals surface area contributed by atoms with Gasteiger partial charge >= 0.3 is 0 Å². The topological polar surface area (TPSA) is 52.5 Å². The number of aliphatic hydroxyl groups is 2. The highest BCUT2D eigenvalue weighted by Gasteiger charge is 2.61. The number of likely N-dealkylation sites (N-methyl/N-ethyl adjacent to an activating group) is 1. The van der Waals surface area contributed by atoms with Crippen molar-refractivity contribution in [2.75, 3.05) is 7.05 Å². The van der Waals surface area contributed by atoms with Crippen LogP contribution in [0.5, 0.6) is 0 Å². The van der Waals surface area contributed by atoms with Gasteiger partial charge in [0.2, 0.25) is 0 Å². The number of hydrogen-bond acceptors (Lipinski definition) is 3. The van der Waals surface area contributed by atoms with Gasteiger partial charge in [0.05, 0.1) is 12.2 Å². The van der Waals surface area contributed by atoms with Crippen LogP contribution in [0.4, 0.5) is 0 Å². The average molecular weight is 322 g/mol.